The summed E-state index contributed by atoms with van der Waals surface area (Å²) in [5.41, 5.74) is 0. The number of nitrogens with one attached hydrogen (secondary N) is 1. The number of ether oxygens (including phenoxy) is 3. The third-order valence-electron chi connectivity index (χ3n) is 3.87. The highest BCUT2D eigenvalue weighted by molar-refractivity contribution is 5.39. The minimum absolute atomic E-state index is 0.383. The van der Waals surface area contributed by atoms with Gasteiger partial charge >= 0.3 is 0 Å². The summed E-state index contributed by atoms with van der Waals surface area (Å²) in [5.74, 6) is 1.64. The molecule has 0 saturated carbocycles. The molecule has 0 radical (unpaired) electrons. The maximum Gasteiger partial charge on any atom is 0.161 e. The quantitative estimate of drug-likeness (QED) is 0.774. The van der Waals surface area contributed by atoms with Gasteiger partial charge in [0.25, 0.3) is 0 Å². The molecule has 0 bridgehead atoms. The highest BCUT2D eigenvalue weighted by Crippen LogP contribution is 2.25. The predicted molar refractivity (Wildman–Crippen MR) is 83.3 cm³/mol. The number of benzene rings is 1. The van der Waals surface area contributed by atoms with E-state index >= 15 is 0 Å². The minimum atomic E-state index is 0.383. The van der Waals surface area contributed by atoms with E-state index in [4.69, 9.17) is 14.2 Å². The average Bonchev–Trinajstić information content (AvgIpc) is 2.46. The van der Waals surface area contributed by atoms with Gasteiger partial charge in [0.15, 0.2) is 11.5 Å². The fraction of sp³-hybridized carbons (Fsp3) is 0.647. The molecule has 0 unspecified atom stereocenters. The van der Waals surface area contributed by atoms with Crippen LogP contribution in [0, 0.1) is 0 Å². The first-order valence-corrected chi connectivity index (χ1v) is 7.94. The third kappa shape index (κ3) is 5.21. The molecule has 1 N–H and O–H groups in total. The van der Waals surface area contributed by atoms with Crippen LogP contribution in [0.4, 0.5) is 0 Å². The molecule has 0 amide bonds. The Bertz CT molecular complexity index is 414. The monoisotopic (exact) mass is 294 g/mol. The Morgan fingerprint density at radius 2 is 1.76 bits per heavy atom. The molecule has 1 aromatic carbocycles. The SMILES string of the molecule is COc1ccccc1OCCCC[NH+]1C[C@@H](C)O[C@H](C)C1. The Morgan fingerprint density at radius 3 is 2.43 bits per heavy atom. The van der Waals surface area contributed by atoms with Crippen LogP contribution in [0.5, 0.6) is 11.5 Å². The number of quaternary nitrogens is 1. The molecule has 0 aliphatic carbocycles. The molecular formula is C17H28NO3+. The van der Waals surface area contributed by atoms with Gasteiger partial charge in [-0.25, -0.2) is 0 Å². The number of hydrogen-bond acceptors (Lipinski definition) is 3. The summed E-state index contributed by atoms with van der Waals surface area (Å²) >= 11 is 0. The zero-order valence-electron chi connectivity index (χ0n) is 13.4. The Labute approximate surface area is 128 Å². The lowest BCUT2D eigenvalue weighted by Gasteiger charge is -2.32. The maximum absolute atomic E-state index is 5.80. The highest BCUT2D eigenvalue weighted by Gasteiger charge is 2.24. The van der Waals surface area contributed by atoms with Gasteiger partial charge in [-0.2, -0.15) is 0 Å². The van der Waals surface area contributed by atoms with Gasteiger partial charge in [-0.1, -0.05) is 12.1 Å². The van der Waals surface area contributed by atoms with Gasteiger partial charge in [0.1, 0.15) is 25.3 Å². The standard InChI is InChI=1S/C17H27NO3/c1-14-12-18(13-15(2)21-14)10-6-7-11-20-17-9-5-4-8-16(17)19-3/h4-5,8-9,14-15H,6-7,10-13H2,1-3H3/p+1/t14-,15-/m1/s1. The van der Waals surface area contributed by atoms with Crippen LogP contribution in [0.2, 0.25) is 0 Å². The predicted octanol–water partition coefficient (Wildman–Crippen LogP) is 1.55. The summed E-state index contributed by atoms with van der Waals surface area (Å²) in [5, 5.41) is 0. The Hall–Kier alpha value is -1.26. The van der Waals surface area contributed by atoms with E-state index in [1.807, 2.05) is 24.3 Å². The van der Waals surface area contributed by atoms with E-state index in [9.17, 15) is 0 Å². The molecule has 1 heterocycles. The smallest absolute Gasteiger partial charge is 0.161 e. The first-order valence-electron chi connectivity index (χ1n) is 7.94. The number of rotatable bonds is 7. The van der Waals surface area contributed by atoms with E-state index in [0.29, 0.717) is 12.2 Å². The summed E-state index contributed by atoms with van der Waals surface area (Å²) in [6.07, 6.45) is 3.02. The Morgan fingerprint density at radius 1 is 1.10 bits per heavy atom. The molecule has 0 spiro atoms. The van der Waals surface area contributed by atoms with Crippen LogP contribution in [-0.2, 0) is 4.74 Å². The second kappa shape index (κ2) is 8.25. The van der Waals surface area contributed by atoms with E-state index in [2.05, 4.69) is 13.8 Å². The van der Waals surface area contributed by atoms with Crippen molar-refractivity contribution in [2.45, 2.75) is 38.9 Å². The molecule has 1 aliphatic heterocycles. The van der Waals surface area contributed by atoms with E-state index < -0.39 is 0 Å². The van der Waals surface area contributed by atoms with Crippen molar-refractivity contribution in [2.24, 2.45) is 0 Å². The van der Waals surface area contributed by atoms with E-state index in [1.54, 1.807) is 12.0 Å². The summed E-state index contributed by atoms with van der Waals surface area (Å²) < 4.78 is 16.8. The molecule has 1 aromatic rings. The van der Waals surface area contributed by atoms with Crippen molar-refractivity contribution in [1.29, 1.82) is 0 Å². The zero-order valence-corrected chi connectivity index (χ0v) is 13.4. The summed E-state index contributed by atoms with van der Waals surface area (Å²) in [6.45, 7) is 8.53. The lowest BCUT2D eigenvalue weighted by atomic mass is 10.2. The molecule has 118 valence electrons. The van der Waals surface area contributed by atoms with Gasteiger partial charge in [0.2, 0.25) is 0 Å². The van der Waals surface area contributed by atoms with Crippen LogP contribution < -0.4 is 14.4 Å². The van der Waals surface area contributed by atoms with Gasteiger partial charge in [-0.05, 0) is 38.8 Å². The second-order valence-electron chi connectivity index (χ2n) is 5.87. The molecule has 4 heteroatoms. The minimum Gasteiger partial charge on any atom is -0.493 e. The number of unbranched alkanes of at least 4 members (excludes halogenated alkanes) is 1. The van der Waals surface area contributed by atoms with E-state index in [-0.39, 0.29) is 0 Å². The Kier molecular flexibility index (Phi) is 6.33. The normalized spacial score (nSPS) is 25.6. The molecule has 4 nitrogen and oxygen atoms in total. The van der Waals surface area contributed by atoms with Crippen LogP contribution in [0.3, 0.4) is 0 Å². The van der Waals surface area contributed by atoms with E-state index in [1.165, 1.54) is 13.0 Å². The first kappa shape index (κ1) is 16.1. The van der Waals surface area contributed by atoms with Crippen LogP contribution in [0.1, 0.15) is 26.7 Å². The maximum atomic E-state index is 5.80. The average molecular weight is 294 g/mol. The van der Waals surface area contributed by atoms with Gasteiger partial charge in [0, 0.05) is 0 Å². The molecule has 2 rings (SSSR count). The molecule has 0 aromatic heterocycles. The fourth-order valence-corrected chi connectivity index (χ4v) is 2.99. The lowest BCUT2D eigenvalue weighted by molar-refractivity contribution is -0.915. The fourth-order valence-electron chi connectivity index (χ4n) is 2.99. The second-order valence-corrected chi connectivity index (χ2v) is 5.87. The lowest BCUT2D eigenvalue weighted by Crippen LogP contribution is -3.15. The first-order chi connectivity index (χ1) is 10.2. The number of morpholine rings is 1. The molecule has 2 atom stereocenters. The van der Waals surface area contributed by atoms with Crippen molar-refractivity contribution in [3.63, 3.8) is 0 Å². The molecular weight excluding hydrogens is 266 g/mol. The zero-order chi connectivity index (χ0) is 15.1. The number of hydrogen-bond donors (Lipinski definition) is 1. The summed E-state index contributed by atoms with van der Waals surface area (Å²) in [6, 6.07) is 7.81. The third-order valence-corrected chi connectivity index (χ3v) is 3.87. The van der Waals surface area contributed by atoms with Gasteiger partial charge in [0.05, 0.1) is 20.3 Å². The summed E-state index contributed by atoms with van der Waals surface area (Å²) in [4.78, 5) is 1.65. The molecule has 1 saturated heterocycles. The van der Waals surface area contributed by atoms with Crippen molar-refractivity contribution in [3.05, 3.63) is 24.3 Å². The van der Waals surface area contributed by atoms with Crippen molar-refractivity contribution in [3.8, 4) is 11.5 Å². The van der Waals surface area contributed by atoms with Crippen LogP contribution in [-0.4, -0.2) is 45.6 Å². The van der Waals surface area contributed by atoms with Crippen LogP contribution >= 0.6 is 0 Å². The molecule has 1 fully saturated rings. The molecule has 1 aliphatic rings. The van der Waals surface area contributed by atoms with Crippen LogP contribution in [0.15, 0.2) is 24.3 Å². The van der Waals surface area contributed by atoms with Crippen molar-refractivity contribution in [2.75, 3.05) is 33.4 Å². The van der Waals surface area contributed by atoms with Crippen molar-refractivity contribution in [1.82, 2.24) is 0 Å². The van der Waals surface area contributed by atoms with Gasteiger partial charge in [-0.15, -0.1) is 0 Å². The molecule has 21 heavy (non-hydrogen) atoms. The van der Waals surface area contributed by atoms with Crippen molar-refractivity contribution >= 4 is 0 Å². The topological polar surface area (TPSA) is 32.1 Å². The number of methoxy groups -OCH3 is 1. The largest absolute Gasteiger partial charge is 0.493 e. The summed E-state index contributed by atoms with van der Waals surface area (Å²) in [7, 11) is 1.67. The van der Waals surface area contributed by atoms with Crippen LogP contribution in [0.25, 0.3) is 0 Å². The van der Waals surface area contributed by atoms with Gasteiger partial charge in [-0.3, -0.25) is 0 Å². The van der Waals surface area contributed by atoms with Gasteiger partial charge < -0.3 is 19.1 Å². The Balaban J connectivity index is 1.64. The number of para-hydroxylation sites is 2. The van der Waals surface area contributed by atoms with Crippen molar-refractivity contribution < 1.29 is 19.1 Å². The van der Waals surface area contributed by atoms with E-state index in [0.717, 1.165) is 37.6 Å². The highest BCUT2D eigenvalue weighted by atomic mass is 16.5.